The van der Waals surface area contributed by atoms with Crippen molar-refractivity contribution < 1.29 is 14.6 Å². The van der Waals surface area contributed by atoms with Gasteiger partial charge in [0.05, 0.1) is 29.2 Å². The predicted octanol–water partition coefficient (Wildman–Crippen LogP) is 2.91. The van der Waals surface area contributed by atoms with Gasteiger partial charge in [0.1, 0.15) is 0 Å². The van der Waals surface area contributed by atoms with Gasteiger partial charge in [-0.3, -0.25) is 9.69 Å². The van der Waals surface area contributed by atoms with Gasteiger partial charge >= 0.3 is 0 Å². The molecule has 140 valence electrons. The SMILES string of the molecule is O=Cc1ccc(N2CCN(C[C@H](O)COCc3ccccc3Cl)CC2)s1. The number of piperazine rings is 1. The third kappa shape index (κ3) is 5.28. The molecule has 7 heteroatoms. The number of nitrogens with zero attached hydrogens (tertiary/aromatic N) is 2. The molecule has 1 saturated heterocycles. The summed E-state index contributed by atoms with van der Waals surface area (Å²) in [6.45, 7) is 4.85. The number of halogens is 1. The molecule has 26 heavy (non-hydrogen) atoms. The fraction of sp³-hybridized carbons (Fsp3) is 0.421. The van der Waals surface area contributed by atoms with E-state index in [1.54, 1.807) is 0 Å². The Hall–Kier alpha value is -1.44. The largest absolute Gasteiger partial charge is 0.389 e. The molecule has 2 aromatic rings. The number of carbonyl (C=O) groups is 1. The van der Waals surface area contributed by atoms with Crippen LogP contribution in [0.25, 0.3) is 0 Å². The lowest BCUT2D eigenvalue weighted by Crippen LogP contribution is -2.49. The number of aliphatic hydroxyl groups excluding tert-OH is 1. The Morgan fingerprint density at radius 3 is 2.65 bits per heavy atom. The molecule has 1 aliphatic rings. The normalized spacial score (nSPS) is 16.6. The summed E-state index contributed by atoms with van der Waals surface area (Å²) in [7, 11) is 0. The minimum absolute atomic E-state index is 0.291. The molecule has 0 saturated carbocycles. The Bertz CT molecular complexity index is 716. The van der Waals surface area contributed by atoms with Crippen molar-refractivity contribution in [3.63, 3.8) is 0 Å². The second-order valence-electron chi connectivity index (χ2n) is 6.34. The fourth-order valence-electron chi connectivity index (χ4n) is 3.00. The molecule has 0 bridgehead atoms. The van der Waals surface area contributed by atoms with Gasteiger partial charge in [0.25, 0.3) is 0 Å². The molecule has 1 fully saturated rings. The van der Waals surface area contributed by atoms with Crippen molar-refractivity contribution in [2.75, 3.05) is 44.2 Å². The number of carbonyl (C=O) groups excluding carboxylic acids is 1. The van der Waals surface area contributed by atoms with Gasteiger partial charge < -0.3 is 14.7 Å². The summed E-state index contributed by atoms with van der Waals surface area (Å²) in [6.07, 6.45) is 0.371. The average Bonchev–Trinajstić information content (AvgIpc) is 3.13. The highest BCUT2D eigenvalue weighted by Gasteiger charge is 2.20. The quantitative estimate of drug-likeness (QED) is 0.698. The molecule has 3 rings (SSSR count). The molecule has 0 radical (unpaired) electrons. The van der Waals surface area contributed by atoms with Crippen LogP contribution in [0.5, 0.6) is 0 Å². The number of hydrogen-bond acceptors (Lipinski definition) is 6. The summed E-state index contributed by atoms with van der Waals surface area (Å²) < 4.78 is 5.61. The highest BCUT2D eigenvalue weighted by molar-refractivity contribution is 7.17. The molecular formula is C19H23ClN2O3S. The third-order valence-corrected chi connectivity index (χ3v) is 5.85. The van der Waals surface area contributed by atoms with Crippen LogP contribution in [0.15, 0.2) is 36.4 Å². The first-order valence-corrected chi connectivity index (χ1v) is 9.86. The van der Waals surface area contributed by atoms with Crippen LogP contribution in [-0.4, -0.2) is 61.7 Å². The van der Waals surface area contributed by atoms with Crippen LogP contribution in [0.2, 0.25) is 5.02 Å². The van der Waals surface area contributed by atoms with E-state index in [1.807, 2.05) is 36.4 Å². The molecule has 1 N–H and O–H groups in total. The van der Waals surface area contributed by atoms with Crippen LogP contribution >= 0.6 is 22.9 Å². The van der Waals surface area contributed by atoms with Crippen molar-refractivity contribution in [2.24, 2.45) is 0 Å². The van der Waals surface area contributed by atoms with Crippen molar-refractivity contribution in [1.82, 2.24) is 4.90 Å². The Labute approximate surface area is 162 Å². The minimum atomic E-state index is -0.521. The maximum atomic E-state index is 10.8. The highest BCUT2D eigenvalue weighted by Crippen LogP contribution is 2.26. The number of β-amino-alcohol motifs (C(OH)–C–C–N with tert-alkyl or cyclic N) is 1. The highest BCUT2D eigenvalue weighted by atomic mass is 35.5. The van der Waals surface area contributed by atoms with E-state index in [9.17, 15) is 9.90 Å². The molecule has 1 atom stereocenters. The summed E-state index contributed by atoms with van der Waals surface area (Å²) >= 11 is 7.62. The van der Waals surface area contributed by atoms with Gasteiger partial charge in [-0.25, -0.2) is 0 Å². The number of ether oxygens (including phenoxy) is 1. The van der Waals surface area contributed by atoms with E-state index in [1.165, 1.54) is 11.3 Å². The molecule has 2 heterocycles. The maximum Gasteiger partial charge on any atom is 0.160 e. The van der Waals surface area contributed by atoms with Crippen molar-refractivity contribution in [1.29, 1.82) is 0 Å². The molecule has 0 aliphatic carbocycles. The Balaban J connectivity index is 1.37. The van der Waals surface area contributed by atoms with Gasteiger partial charge in [0.2, 0.25) is 0 Å². The Kier molecular flexibility index (Phi) is 7.05. The van der Waals surface area contributed by atoms with E-state index < -0.39 is 6.10 Å². The fourth-order valence-corrected chi connectivity index (χ4v) is 4.06. The lowest BCUT2D eigenvalue weighted by atomic mass is 10.2. The zero-order chi connectivity index (χ0) is 18.4. The lowest BCUT2D eigenvalue weighted by molar-refractivity contribution is 0.00917. The molecule has 5 nitrogen and oxygen atoms in total. The minimum Gasteiger partial charge on any atom is -0.389 e. The first-order valence-electron chi connectivity index (χ1n) is 8.67. The molecule has 0 unspecified atom stereocenters. The van der Waals surface area contributed by atoms with E-state index in [0.717, 1.165) is 47.9 Å². The second kappa shape index (κ2) is 9.48. The molecule has 1 aliphatic heterocycles. The lowest BCUT2D eigenvalue weighted by Gasteiger charge is -2.36. The zero-order valence-corrected chi connectivity index (χ0v) is 16.1. The predicted molar refractivity (Wildman–Crippen MR) is 105 cm³/mol. The number of anilines is 1. The van der Waals surface area contributed by atoms with Crippen LogP contribution in [0, 0.1) is 0 Å². The Morgan fingerprint density at radius 1 is 1.19 bits per heavy atom. The average molecular weight is 395 g/mol. The van der Waals surface area contributed by atoms with Crippen molar-refractivity contribution in [3.05, 3.63) is 51.9 Å². The number of aldehydes is 1. The number of benzene rings is 1. The monoisotopic (exact) mass is 394 g/mol. The summed E-state index contributed by atoms with van der Waals surface area (Å²) in [5.41, 5.74) is 0.931. The molecule has 1 aromatic heterocycles. The van der Waals surface area contributed by atoms with Crippen molar-refractivity contribution >= 4 is 34.2 Å². The van der Waals surface area contributed by atoms with Crippen molar-refractivity contribution in [2.45, 2.75) is 12.7 Å². The van der Waals surface area contributed by atoms with Gasteiger partial charge in [0, 0.05) is 37.7 Å². The molecule has 1 aromatic carbocycles. The third-order valence-electron chi connectivity index (χ3n) is 4.41. The van der Waals surface area contributed by atoms with Crippen LogP contribution in [0.3, 0.4) is 0 Å². The summed E-state index contributed by atoms with van der Waals surface area (Å²) in [4.78, 5) is 16.1. The first kappa shape index (κ1) is 19.3. The van der Waals surface area contributed by atoms with E-state index in [-0.39, 0.29) is 0 Å². The smallest absolute Gasteiger partial charge is 0.160 e. The van der Waals surface area contributed by atoms with Crippen LogP contribution in [0.4, 0.5) is 5.00 Å². The Morgan fingerprint density at radius 2 is 1.96 bits per heavy atom. The molecular weight excluding hydrogens is 372 g/mol. The summed E-state index contributed by atoms with van der Waals surface area (Å²) in [6, 6.07) is 11.4. The number of rotatable bonds is 8. The van der Waals surface area contributed by atoms with Crippen LogP contribution in [0.1, 0.15) is 15.2 Å². The summed E-state index contributed by atoms with van der Waals surface area (Å²) in [5.74, 6) is 0. The number of aliphatic hydroxyl groups is 1. The van der Waals surface area contributed by atoms with Crippen molar-refractivity contribution in [3.8, 4) is 0 Å². The van der Waals surface area contributed by atoms with Crippen LogP contribution in [-0.2, 0) is 11.3 Å². The standard InChI is InChI=1S/C19H23ClN2O3S/c20-18-4-2-1-3-15(18)13-25-14-16(24)11-21-7-9-22(10-8-21)19-6-5-17(12-23)26-19/h1-6,12,16,24H,7-11,13-14H2/t16-/m0/s1. The topological polar surface area (TPSA) is 53.0 Å². The van der Waals surface area contributed by atoms with E-state index in [2.05, 4.69) is 9.80 Å². The number of hydrogen-bond donors (Lipinski definition) is 1. The van der Waals surface area contributed by atoms with E-state index in [0.29, 0.717) is 24.8 Å². The summed E-state index contributed by atoms with van der Waals surface area (Å²) in [5, 5.41) is 12.0. The van der Waals surface area contributed by atoms with E-state index >= 15 is 0 Å². The maximum absolute atomic E-state index is 10.8. The van der Waals surface area contributed by atoms with Gasteiger partial charge in [0.15, 0.2) is 6.29 Å². The second-order valence-corrected chi connectivity index (χ2v) is 7.84. The van der Waals surface area contributed by atoms with Gasteiger partial charge in [-0.1, -0.05) is 29.8 Å². The van der Waals surface area contributed by atoms with Gasteiger partial charge in [-0.05, 0) is 23.8 Å². The first-order chi connectivity index (χ1) is 12.7. The van der Waals surface area contributed by atoms with E-state index in [4.69, 9.17) is 16.3 Å². The molecule has 0 spiro atoms. The van der Waals surface area contributed by atoms with Gasteiger partial charge in [-0.2, -0.15) is 0 Å². The molecule has 0 amide bonds. The van der Waals surface area contributed by atoms with Gasteiger partial charge in [-0.15, -0.1) is 11.3 Å². The van der Waals surface area contributed by atoms with Crippen LogP contribution < -0.4 is 4.90 Å². The number of thiophene rings is 1. The zero-order valence-electron chi connectivity index (χ0n) is 14.5.